The maximum Gasteiger partial charge on any atom is 4.00 e. The van der Waals surface area contributed by atoms with Gasteiger partial charge < -0.3 is 19.3 Å². The maximum absolute atomic E-state index is 3.25. The van der Waals surface area contributed by atoms with E-state index in [1.807, 2.05) is 24.3 Å². The van der Waals surface area contributed by atoms with E-state index in [1.165, 1.54) is 0 Å². The first-order valence-electron chi connectivity index (χ1n) is 4.14. The molecule has 0 aromatic rings. The average molecular weight is 286 g/mol. The van der Waals surface area contributed by atoms with Crippen molar-refractivity contribution in [1.29, 1.82) is 0 Å². The molecule has 0 unspecified atom stereocenters. The molecule has 0 N–H and O–H groups in total. The van der Waals surface area contributed by atoms with E-state index in [0.29, 0.717) is 0 Å². The van der Waals surface area contributed by atoms with Crippen molar-refractivity contribution in [3.8, 4) is 0 Å². The van der Waals surface area contributed by atoms with Crippen LogP contribution in [0.1, 0.15) is 19.8 Å². The van der Waals surface area contributed by atoms with Gasteiger partial charge in [-0.05, 0) is 0 Å². The molecule has 2 heteroatoms. The Morgan fingerprint density at radius 2 is 1.29 bits per heavy atom. The van der Waals surface area contributed by atoms with Gasteiger partial charge in [-0.15, -0.1) is 12.8 Å². The van der Waals surface area contributed by atoms with Gasteiger partial charge in [-0.25, -0.2) is 24.3 Å². The van der Waals surface area contributed by atoms with E-state index in [9.17, 15) is 0 Å². The quantitative estimate of drug-likeness (QED) is 0.567. The Labute approximate surface area is 113 Å². The van der Waals surface area contributed by atoms with Gasteiger partial charge in [0.1, 0.15) is 0 Å². The summed E-state index contributed by atoms with van der Waals surface area (Å²) >= 11 is 0. The van der Waals surface area contributed by atoms with E-state index < -0.39 is 0 Å². The Hall–Kier alpha value is 0.133. The van der Waals surface area contributed by atoms with Crippen LogP contribution in [0.25, 0.3) is 0 Å². The molecular weight excluding hydrogens is 271 g/mol. The van der Waals surface area contributed by atoms with Crippen LogP contribution >= 0.6 is 0 Å². The third-order valence-corrected chi connectivity index (χ3v) is 1.17. The second kappa shape index (κ2) is 18.8. The van der Waals surface area contributed by atoms with E-state index in [1.54, 1.807) is 6.92 Å². The summed E-state index contributed by atoms with van der Waals surface area (Å²) in [6, 6.07) is 0. The summed E-state index contributed by atoms with van der Waals surface area (Å²) in [5.41, 5.74) is 0. The molecule has 0 bridgehead atoms. The summed E-state index contributed by atoms with van der Waals surface area (Å²) in [6.07, 6.45) is 20.0. The first-order valence-corrected chi connectivity index (χ1v) is 4.14. The fraction of sp³-hybridized carbons (Fsp3) is 0.250. The first kappa shape index (κ1) is 19.7. The summed E-state index contributed by atoms with van der Waals surface area (Å²) in [4.78, 5) is 0. The fourth-order valence-electron chi connectivity index (χ4n) is 0.680. The third-order valence-electron chi connectivity index (χ3n) is 1.17. The van der Waals surface area contributed by atoms with Gasteiger partial charge in [0.15, 0.2) is 0 Å². The molecule has 0 radical (unpaired) electrons. The van der Waals surface area contributed by atoms with E-state index in [0.717, 1.165) is 12.8 Å². The number of allylic oxidation sites excluding steroid dienone is 8. The molecule has 0 fully saturated rings. The van der Waals surface area contributed by atoms with Gasteiger partial charge >= 0.3 is 26.2 Å². The van der Waals surface area contributed by atoms with Crippen molar-refractivity contribution in [1.82, 2.24) is 0 Å². The van der Waals surface area contributed by atoms with E-state index in [2.05, 4.69) is 31.2 Å². The summed E-state index contributed by atoms with van der Waals surface area (Å²) in [5, 5.41) is 0. The van der Waals surface area contributed by atoms with Crippen LogP contribution < -0.4 is 12.4 Å². The predicted octanol–water partition coefficient (Wildman–Crippen LogP) is 0.453. The van der Waals surface area contributed by atoms with Crippen molar-refractivity contribution in [3.05, 3.63) is 55.5 Å². The topological polar surface area (TPSA) is 0 Å². The van der Waals surface area contributed by atoms with Gasteiger partial charge in [0.25, 0.3) is 0 Å². The zero-order valence-corrected chi connectivity index (χ0v) is 11.7. The van der Waals surface area contributed by atoms with Crippen LogP contribution in [0, 0.1) is 19.1 Å². The Morgan fingerprint density at radius 1 is 0.929 bits per heavy atom. The molecule has 0 aromatic carbocycles. The number of hydrogen-bond acceptors (Lipinski definition) is 0. The monoisotopic (exact) mass is 284 g/mol. The van der Waals surface area contributed by atoms with Crippen molar-refractivity contribution >= 4 is 0 Å². The molecule has 0 aromatic heterocycles. The van der Waals surface area contributed by atoms with Crippen molar-refractivity contribution in [2.45, 2.75) is 19.8 Å². The molecule has 2 rings (SSSR count). The van der Waals surface area contributed by atoms with E-state index >= 15 is 0 Å². The van der Waals surface area contributed by atoms with Crippen LogP contribution in [-0.4, -0.2) is 0 Å². The molecule has 0 saturated carbocycles. The molecule has 2 aliphatic rings. The summed E-state index contributed by atoms with van der Waals surface area (Å²) in [7, 11) is 0. The van der Waals surface area contributed by atoms with Crippen molar-refractivity contribution in [3.63, 3.8) is 0 Å². The van der Waals surface area contributed by atoms with Gasteiger partial charge in [-0.1, -0.05) is 0 Å². The third kappa shape index (κ3) is 14.6. The van der Waals surface area contributed by atoms with Gasteiger partial charge in [-0.2, -0.15) is 19.1 Å². The SMILES string of the molecule is [C-]1=CC=CC1.[C-]1=CC=CC1.[CH2-]C.[Cl-].[Zr+4]. The minimum Gasteiger partial charge on any atom is -1.00 e. The van der Waals surface area contributed by atoms with E-state index in [4.69, 9.17) is 0 Å². The molecule has 0 saturated heterocycles. The summed E-state index contributed by atoms with van der Waals surface area (Å²) in [6.45, 7) is 5.00. The van der Waals surface area contributed by atoms with Crippen LogP contribution in [0.15, 0.2) is 36.5 Å². The summed E-state index contributed by atoms with van der Waals surface area (Å²) in [5.74, 6) is 0. The minimum atomic E-state index is 0. The Kier molecular flexibility index (Phi) is 26.5. The van der Waals surface area contributed by atoms with Crippen molar-refractivity contribution < 1.29 is 38.6 Å². The van der Waals surface area contributed by atoms with E-state index in [-0.39, 0.29) is 38.6 Å². The van der Waals surface area contributed by atoms with Gasteiger partial charge in [-0.3, -0.25) is 12.2 Å². The normalized spacial score (nSPS) is 13.0. The van der Waals surface area contributed by atoms with Crippen LogP contribution in [-0.2, 0) is 26.2 Å². The molecule has 2 aliphatic carbocycles. The van der Waals surface area contributed by atoms with Gasteiger partial charge in [0, 0.05) is 0 Å². The molecule has 0 spiro atoms. The van der Waals surface area contributed by atoms with Crippen molar-refractivity contribution in [2.75, 3.05) is 0 Å². The summed E-state index contributed by atoms with van der Waals surface area (Å²) < 4.78 is 0. The Bertz CT molecular complexity index is 148. The first-order chi connectivity index (χ1) is 6.00. The number of rotatable bonds is 0. The standard InChI is InChI=1S/2C5H5.C2H5.ClH.Zr/c2*1-2-4-5-3-1;1-2;;/h2*1-3H,4H2;1H2,2H3;1H;/q3*-1;;+4/p-1. The molecule has 74 valence electrons. The predicted molar refractivity (Wildman–Crippen MR) is 54.2 cm³/mol. The van der Waals surface area contributed by atoms with Crippen LogP contribution in [0.5, 0.6) is 0 Å². The zero-order valence-electron chi connectivity index (χ0n) is 8.46. The molecule has 0 amide bonds. The Balaban J connectivity index is -0.000000131. The van der Waals surface area contributed by atoms with Gasteiger partial charge in [0.05, 0.1) is 0 Å². The zero-order chi connectivity index (χ0) is 9.07. The molecule has 0 heterocycles. The number of halogens is 1. The molecular formula is C12H15ClZr. The average Bonchev–Trinajstić information content (AvgIpc) is 2.87. The smallest absolute Gasteiger partial charge is 1.00 e. The second-order valence-electron chi connectivity index (χ2n) is 2.01. The molecule has 0 nitrogen and oxygen atoms in total. The molecule has 14 heavy (non-hydrogen) atoms. The molecule has 0 atom stereocenters. The minimum absolute atomic E-state index is 0. The largest absolute Gasteiger partial charge is 4.00 e. The van der Waals surface area contributed by atoms with Crippen molar-refractivity contribution in [2.24, 2.45) is 0 Å². The van der Waals surface area contributed by atoms with Crippen LogP contribution in [0.3, 0.4) is 0 Å². The maximum atomic E-state index is 3.25. The fourth-order valence-corrected chi connectivity index (χ4v) is 0.680. The molecule has 0 aliphatic heterocycles. The Morgan fingerprint density at radius 3 is 1.36 bits per heavy atom. The second-order valence-corrected chi connectivity index (χ2v) is 2.01. The van der Waals surface area contributed by atoms with Crippen LogP contribution in [0.2, 0.25) is 0 Å². The van der Waals surface area contributed by atoms with Gasteiger partial charge in [0.2, 0.25) is 0 Å². The number of hydrogen-bond donors (Lipinski definition) is 0. The van der Waals surface area contributed by atoms with Crippen LogP contribution in [0.4, 0.5) is 0 Å².